The average molecular weight is 263 g/mol. The lowest BCUT2D eigenvalue weighted by molar-refractivity contribution is 0.157. The Kier molecular flexibility index (Phi) is 2.98. The molecule has 0 bridgehead atoms. The van der Waals surface area contributed by atoms with E-state index in [1.165, 1.54) is 17.2 Å². The minimum absolute atomic E-state index is 0.0724. The Bertz CT molecular complexity index is 478. The van der Waals surface area contributed by atoms with Crippen LogP contribution in [0.15, 0.2) is 0 Å². The summed E-state index contributed by atoms with van der Waals surface area (Å²) in [6.45, 7) is 12.7. The quantitative estimate of drug-likeness (QED) is 0.842. The SMILES string of the molecule is CC(C)(C)c1nc2c(n1C1(C)CCOC1)CCNC2. The van der Waals surface area contributed by atoms with E-state index in [0.29, 0.717) is 0 Å². The van der Waals surface area contributed by atoms with Crippen LogP contribution in [0.5, 0.6) is 0 Å². The summed E-state index contributed by atoms with van der Waals surface area (Å²) >= 11 is 0. The number of imidazole rings is 1. The molecule has 19 heavy (non-hydrogen) atoms. The molecule has 0 spiro atoms. The van der Waals surface area contributed by atoms with Gasteiger partial charge in [0.2, 0.25) is 0 Å². The fraction of sp³-hybridized carbons (Fsp3) is 0.800. The van der Waals surface area contributed by atoms with Gasteiger partial charge in [-0.3, -0.25) is 0 Å². The van der Waals surface area contributed by atoms with Gasteiger partial charge in [0.15, 0.2) is 0 Å². The number of hydrogen-bond donors (Lipinski definition) is 1. The Morgan fingerprint density at radius 1 is 1.37 bits per heavy atom. The number of aromatic nitrogens is 2. The summed E-state index contributed by atoms with van der Waals surface area (Å²) in [5.41, 5.74) is 2.82. The molecule has 3 heterocycles. The molecule has 0 aliphatic carbocycles. The van der Waals surface area contributed by atoms with Crippen LogP contribution in [0.1, 0.15) is 51.3 Å². The van der Waals surface area contributed by atoms with Crippen LogP contribution in [0.25, 0.3) is 0 Å². The van der Waals surface area contributed by atoms with Crippen molar-refractivity contribution in [1.29, 1.82) is 0 Å². The van der Waals surface area contributed by atoms with E-state index < -0.39 is 0 Å². The van der Waals surface area contributed by atoms with Crippen LogP contribution >= 0.6 is 0 Å². The molecular weight excluding hydrogens is 238 g/mol. The van der Waals surface area contributed by atoms with Gasteiger partial charge in [-0.15, -0.1) is 0 Å². The van der Waals surface area contributed by atoms with Crippen molar-refractivity contribution in [2.24, 2.45) is 0 Å². The van der Waals surface area contributed by atoms with Gasteiger partial charge >= 0.3 is 0 Å². The van der Waals surface area contributed by atoms with E-state index in [2.05, 4.69) is 37.6 Å². The van der Waals surface area contributed by atoms with Gasteiger partial charge in [0.05, 0.1) is 17.8 Å². The third-order valence-corrected chi connectivity index (χ3v) is 4.30. The van der Waals surface area contributed by atoms with Crippen molar-refractivity contribution < 1.29 is 4.74 Å². The van der Waals surface area contributed by atoms with Gasteiger partial charge in [0.25, 0.3) is 0 Å². The van der Waals surface area contributed by atoms with E-state index >= 15 is 0 Å². The minimum Gasteiger partial charge on any atom is -0.379 e. The highest BCUT2D eigenvalue weighted by atomic mass is 16.5. The molecule has 1 saturated heterocycles. The van der Waals surface area contributed by atoms with E-state index in [1.807, 2.05) is 0 Å². The Hall–Kier alpha value is -0.870. The molecule has 4 heteroatoms. The van der Waals surface area contributed by atoms with Crippen molar-refractivity contribution in [3.8, 4) is 0 Å². The van der Waals surface area contributed by atoms with Crippen LogP contribution in [0, 0.1) is 0 Å². The van der Waals surface area contributed by atoms with E-state index in [0.717, 1.165) is 39.1 Å². The molecule has 2 aliphatic heterocycles. The van der Waals surface area contributed by atoms with Crippen molar-refractivity contribution in [1.82, 2.24) is 14.9 Å². The summed E-state index contributed by atoms with van der Waals surface area (Å²) in [5, 5.41) is 3.43. The fourth-order valence-corrected chi connectivity index (χ4v) is 3.23. The highest BCUT2D eigenvalue weighted by Crippen LogP contribution is 2.36. The normalized spacial score (nSPS) is 27.6. The molecule has 3 rings (SSSR count). The van der Waals surface area contributed by atoms with E-state index in [1.54, 1.807) is 0 Å². The highest BCUT2D eigenvalue weighted by molar-refractivity contribution is 5.26. The van der Waals surface area contributed by atoms with Crippen molar-refractivity contribution in [3.63, 3.8) is 0 Å². The predicted octanol–water partition coefficient (Wildman–Crippen LogP) is 1.96. The Balaban J connectivity index is 2.17. The molecule has 0 radical (unpaired) electrons. The second-order valence-electron chi connectivity index (χ2n) is 7.14. The predicted molar refractivity (Wildman–Crippen MR) is 75.4 cm³/mol. The third-order valence-electron chi connectivity index (χ3n) is 4.30. The van der Waals surface area contributed by atoms with Gasteiger partial charge in [-0.1, -0.05) is 20.8 Å². The van der Waals surface area contributed by atoms with Gasteiger partial charge < -0.3 is 14.6 Å². The van der Waals surface area contributed by atoms with Crippen molar-refractivity contribution in [2.75, 3.05) is 19.8 Å². The van der Waals surface area contributed by atoms with Crippen LogP contribution in [0.3, 0.4) is 0 Å². The maximum absolute atomic E-state index is 5.68. The summed E-state index contributed by atoms with van der Waals surface area (Å²) in [6.07, 6.45) is 2.17. The smallest absolute Gasteiger partial charge is 0.115 e. The fourth-order valence-electron chi connectivity index (χ4n) is 3.23. The van der Waals surface area contributed by atoms with E-state index in [4.69, 9.17) is 9.72 Å². The monoisotopic (exact) mass is 263 g/mol. The molecule has 1 N–H and O–H groups in total. The minimum atomic E-state index is 0.0724. The largest absolute Gasteiger partial charge is 0.379 e. The van der Waals surface area contributed by atoms with Gasteiger partial charge in [-0.2, -0.15) is 0 Å². The molecular formula is C15H25N3O. The summed E-state index contributed by atoms with van der Waals surface area (Å²) in [4.78, 5) is 4.96. The first kappa shape index (κ1) is 13.1. The van der Waals surface area contributed by atoms with Crippen LogP contribution < -0.4 is 5.32 Å². The second-order valence-corrected chi connectivity index (χ2v) is 7.14. The number of fused-ring (bicyclic) bond motifs is 1. The number of rotatable bonds is 1. The molecule has 1 atom stereocenters. The molecule has 0 saturated carbocycles. The van der Waals surface area contributed by atoms with Gasteiger partial charge in [0.1, 0.15) is 5.82 Å². The van der Waals surface area contributed by atoms with Crippen LogP contribution in [-0.2, 0) is 28.7 Å². The van der Waals surface area contributed by atoms with E-state index in [-0.39, 0.29) is 11.0 Å². The molecule has 2 aliphatic rings. The summed E-state index contributed by atoms with van der Waals surface area (Å²) in [7, 11) is 0. The molecule has 1 aromatic heterocycles. The number of nitrogens with one attached hydrogen (secondary N) is 1. The van der Waals surface area contributed by atoms with Crippen LogP contribution in [0.2, 0.25) is 0 Å². The lowest BCUT2D eigenvalue weighted by Gasteiger charge is -2.33. The third kappa shape index (κ3) is 2.11. The molecule has 1 aromatic rings. The molecule has 0 amide bonds. The topological polar surface area (TPSA) is 39.1 Å². The zero-order valence-electron chi connectivity index (χ0n) is 12.5. The van der Waals surface area contributed by atoms with Crippen LogP contribution in [-0.4, -0.2) is 29.3 Å². The summed E-state index contributed by atoms with van der Waals surface area (Å²) in [5.74, 6) is 1.22. The van der Waals surface area contributed by atoms with Crippen molar-refractivity contribution in [2.45, 2.75) is 58.0 Å². The molecule has 0 aromatic carbocycles. The summed E-state index contributed by atoms with van der Waals surface area (Å²) < 4.78 is 8.19. The number of ether oxygens (including phenoxy) is 1. The number of hydrogen-bond acceptors (Lipinski definition) is 3. The summed E-state index contributed by atoms with van der Waals surface area (Å²) in [6, 6.07) is 0. The lowest BCUT2D eigenvalue weighted by atomic mass is 9.92. The first-order valence-electron chi connectivity index (χ1n) is 7.32. The van der Waals surface area contributed by atoms with Gasteiger partial charge in [-0.05, 0) is 13.3 Å². The van der Waals surface area contributed by atoms with Gasteiger partial charge in [0, 0.05) is 37.2 Å². The van der Waals surface area contributed by atoms with Crippen LogP contribution in [0.4, 0.5) is 0 Å². The lowest BCUT2D eigenvalue weighted by Crippen LogP contribution is -2.37. The Labute approximate surface area is 115 Å². The van der Waals surface area contributed by atoms with Crippen molar-refractivity contribution >= 4 is 0 Å². The van der Waals surface area contributed by atoms with Crippen molar-refractivity contribution in [3.05, 3.63) is 17.2 Å². The zero-order valence-corrected chi connectivity index (χ0v) is 12.5. The average Bonchev–Trinajstić information content (AvgIpc) is 2.92. The first-order chi connectivity index (χ1) is 8.92. The second kappa shape index (κ2) is 4.32. The Morgan fingerprint density at radius 2 is 2.16 bits per heavy atom. The maximum atomic E-state index is 5.68. The standard InChI is InChI=1S/C15H25N3O/c1-14(2,3)13-17-11-9-16-7-5-12(11)18(13)15(4)6-8-19-10-15/h16H,5-10H2,1-4H3. The molecule has 106 valence electrons. The van der Waals surface area contributed by atoms with Gasteiger partial charge in [-0.25, -0.2) is 4.98 Å². The Morgan fingerprint density at radius 3 is 2.79 bits per heavy atom. The number of nitrogens with zero attached hydrogens (tertiary/aromatic N) is 2. The molecule has 1 fully saturated rings. The first-order valence-corrected chi connectivity index (χ1v) is 7.32. The molecule has 4 nitrogen and oxygen atoms in total. The van der Waals surface area contributed by atoms with E-state index in [9.17, 15) is 0 Å². The molecule has 1 unspecified atom stereocenters. The highest BCUT2D eigenvalue weighted by Gasteiger charge is 2.39. The zero-order chi connectivity index (χ0) is 13.7. The maximum Gasteiger partial charge on any atom is 0.115 e.